The van der Waals surface area contributed by atoms with Crippen LogP contribution in [0, 0.1) is 11.6 Å². The molecule has 0 aliphatic carbocycles. The van der Waals surface area contributed by atoms with E-state index in [-0.39, 0.29) is 18.4 Å². The molecule has 0 aliphatic rings. The van der Waals surface area contributed by atoms with Crippen LogP contribution in [0.5, 0.6) is 5.88 Å². The van der Waals surface area contributed by atoms with Gasteiger partial charge in [-0.2, -0.15) is 0 Å². The molecule has 170 valence electrons. The average molecular weight is 450 g/mol. The van der Waals surface area contributed by atoms with Crippen LogP contribution < -0.4 is 10.1 Å². The van der Waals surface area contributed by atoms with Crippen LogP contribution in [0.4, 0.5) is 8.78 Å². The molecule has 7 heteroatoms. The highest BCUT2D eigenvalue weighted by atomic mass is 19.2. The molecule has 0 spiro atoms. The lowest BCUT2D eigenvalue weighted by molar-refractivity contribution is 0.0951. The molecule has 1 N–H and O–H groups in total. The van der Waals surface area contributed by atoms with Gasteiger partial charge in [-0.25, -0.2) is 13.8 Å². The number of ether oxygens (including phenoxy) is 1. The van der Waals surface area contributed by atoms with Crippen molar-refractivity contribution in [3.63, 3.8) is 0 Å². The Balaban J connectivity index is 1.78. The summed E-state index contributed by atoms with van der Waals surface area (Å²) in [6.07, 6.45) is 1.72. The normalized spacial score (nSPS) is 11.2. The highest BCUT2D eigenvalue weighted by Crippen LogP contribution is 2.33. The number of hydrogen-bond donors (Lipinski definition) is 1. The standard InChI is InChI=1S/C26H25F2N3O2/c1-16(2)25-24(26(32)30-13-18-9-10-20(27)21(28)11-18)19-12-23(33-3)29-14-22(19)31(25)15-17-7-5-4-6-8-17/h4-12,14,16H,13,15H2,1-3H3,(H,30,32). The first-order chi connectivity index (χ1) is 15.9. The molecular formula is C26H25F2N3O2. The number of pyridine rings is 1. The van der Waals surface area contributed by atoms with Gasteiger partial charge in [0.1, 0.15) is 0 Å². The van der Waals surface area contributed by atoms with E-state index in [0.717, 1.165) is 34.3 Å². The summed E-state index contributed by atoms with van der Waals surface area (Å²) in [5.74, 6) is -1.72. The summed E-state index contributed by atoms with van der Waals surface area (Å²) < 4.78 is 34.3. The molecule has 1 amide bonds. The Bertz CT molecular complexity index is 1300. The van der Waals surface area contributed by atoms with Gasteiger partial charge in [-0.1, -0.05) is 50.2 Å². The largest absolute Gasteiger partial charge is 0.481 e. The molecule has 4 aromatic rings. The predicted octanol–water partition coefficient (Wildman–Crippen LogP) is 5.42. The van der Waals surface area contributed by atoms with Crippen molar-refractivity contribution in [2.24, 2.45) is 0 Å². The summed E-state index contributed by atoms with van der Waals surface area (Å²) in [6, 6.07) is 15.3. The lowest BCUT2D eigenvalue weighted by Crippen LogP contribution is -2.24. The fourth-order valence-electron chi connectivity index (χ4n) is 4.05. The summed E-state index contributed by atoms with van der Waals surface area (Å²) in [4.78, 5) is 17.8. The third-order valence-electron chi connectivity index (χ3n) is 5.57. The Hall–Kier alpha value is -3.74. The molecule has 0 bridgehead atoms. The van der Waals surface area contributed by atoms with Gasteiger partial charge in [0.05, 0.1) is 24.4 Å². The maximum absolute atomic E-state index is 13.6. The van der Waals surface area contributed by atoms with Gasteiger partial charge in [0, 0.05) is 30.2 Å². The molecule has 5 nitrogen and oxygen atoms in total. The van der Waals surface area contributed by atoms with E-state index < -0.39 is 11.6 Å². The Morgan fingerprint density at radius 3 is 2.48 bits per heavy atom. The van der Waals surface area contributed by atoms with E-state index in [2.05, 4.69) is 14.9 Å². The Morgan fingerprint density at radius 1 is 1.06 bits per heavy atom. The van der Waals surface area contributed by atoms with Crippen molar-refractivity contribution < 1.29 is 18.3 Å². The first-order valence-electron chi connectivity index (χ1n) is 10.7. The number of fused-ring (bicyclic) bond motifs is 1. The van der Waals surface area contributed by atoms with Crippen LogP contribution in [0.3, 0.4) is 0 Å². The molecule has 2 aromatic heterocycles. The lowest BCUT2D eigenvalue weighted by Gasteiger charge is -2.15. The molecule has 0 fully saturated rings. The van der Waals surface area contributed by atoms with Crippen molar-refractivity contribution >= 4 is 16.8 Å². The molecule has 33 heavy (non-hydrogen) atoms. The number of hydrogen-bond acceptors (Lipinski definition) is 3. The summed E-state index contributed by atoms with van der Waals surface area (Å²) in [5.41, 5.74) is 3.79. The second-order valence-electron chi connectivity index (χ2n) is 8.16. The summed E-state index contributed by atoms with van der Waals surface area (Å²) in [7, 11) is 1.53. The van der Waals surface area contributed by atoms with Gasteiger partial charge >= 0.3 is 0 Å². The number of halogens is 2. The number of aromatic nitrogens is 2. The second-order valence-corrected chi connectivity index (χ2v) is 8.16. The molecule has 0 aliphatic heterocycles. The van der Waals surface area contributed by atoms with Crippen molar-refractivity contribution in [2.75, 3.05) is 7.11 Å². The summed E-state index contributed by atoms with van der Waals surface area (Å²) in [5, 5.41) is 3.59. The molecule has 4 rings (SSSR count). The van der Waals surface area contributed by atoms with Gasteiger partial charge < -0.3 is 14.6 Å². The zero-order valence-corrected chi connectivity index (χ0v) is 18.7. The smallest absolute Gasteiger partial charge is 0.254 e. The van der Waals surface area contributed by atoms with Crippen LogP contribution in [0.1, 0.15) is 46.9 Å². The van der Waals surface area contributed by atoms with Crippen LogP contribution in [0.15, 0.2) is 60.8 Å². The van der Waals surface area contributed by atoms with Crippen molar-refractivity contribution in [1.29, 1.82) is 0 Å². The maximum Gasteiger partial charge on any atom is 0.254 e. The van der Waals surface area contributed by atoms with E-state index in [1.54, 1.807) is 12.3 Å². The Kier molecular flexibility index (Phi) is 6.40. The van der Waals surface area contributed by atoms with E-state index in [1.807, 2.05) is 44.2 Å². The van der Waals surface area contributed by atoms with E-state index in [9.17, 15) is 13.6 Å². The number of rotatable bonds is 7. The Morgan fingerprint density at radius 2 is 1.82 bits per heavy atom. The minimum atomic E-state index is -0.945. The molecule has 2 heterocycles. The summed E-state index contributed by atoms with van der Waals surface area (Å²) >= 11 is 0. The molecule has 0 saturated carbocycles. The number of nitrogens with zero attached hydrogens (tertiary/aromatic N) is 2. The molecule has 0 saturated heterocycles. The predicted molar refractivity (Wildman–Crippen MR) is 123 cm³/mol. The fourth-order valence-corrected chi connectivity index (χ4v) is 4.05. The van der Waals surface area contributed by atoms with Gasteiger partial charge in [-0.05, 0) is 29.2 Å². The number of carbonyl (C=O) groups excluding carboxylic acids is 1. The molecule has 0 atom stereocenters. The van der Waals surface area contributed by atoms with Crippen molar-refractivity contribution in [2.45, 2.75) is 32.9 Å². The van der Waals surface area contributed by atoms with E-state index >= 15 is 0 Å². The fraction of sp³-hybridized carbons (Fsp3) is 0.231. The molecule has 2 aromatic carbocycles. The van der Waals surface area contributed by atoms with Gasteiger partial charge in [-0.3, -0.25) is 4.79 Å². The van der Waals surface area contributed by atoms with Crippen LogP contribution in [-0.4, -0.2) is 22.6 Å². The van der Waals surface area contributed by atoms with E-state index in [4.69, 9.17) is 4.74 Å². The van der Waals surface area contributed by atoms with Crippen LogP contribution in [0.2, 0.25) is 0 Å². The zero-order valence-electron chi connectivity index (χ0n) is 18.7. The minimum Gasteiger partial charge on any atom is -0.481 e. The van der Waals surface area contributed by atoms with Crippen molar-refractivity contribution in [1.82, 2.24) is 14.9 Å². The van der Waals surface area contributed by atoms with E-state index in [1.165, 1.54) is 13.2 Å². The average Bonchev–Trinajstić information content (AvgIpc) is 3.14. The molecule has 0 radical (unpaired) electrons. The van der Waals surface area contributed by atoms with Crippen LogP contribution in [0.25, 0.3) is 10.9 Å². The third kappa shape index (κ3) is 4.58. The van der Waals surface area contributed by atoms with Crippen molar-refractivity contribution in [3.05, 3.63) is 94.8 Å². The minimum absolute atomic E-state index is 0.0381. The van der Waals surface area contributed by atoms with Gasteiger partial charge in [0.15, 0.2) is 11.6 Å². The second kappa shape index (κ2) is 9.40. The van der Waals surface area contributed by atoms with Gasteiger partial charge in [-0.15, -0.1) is 0 Å². The van der Waals surface area contributed by atoms with Crippen LogP contribution >= 0.6 is 0 Å². The quantitative estimate of drug-likeness (QED) is 0.410. The monoisotopic (exact) mass is 449 g/mol. The third-order valence-corrected chi connectivity index (χ3v) is 5.57. The number of amides is 1. The maximum atomic E-state index is 13.6. The van der Waals surface area contributed by atoms with Crippen molar-refractivity contribution in [3.8, 4) is 5.88 Å². The number of methoxy groups -OCH3 is 1. The molecular weight excluding hydrogens is 424 g/mol. The highest BCUT2D eigenvalue weighted by Gasteiger charge is 2.25. The molecule has 0 unspecified atom stereocenters. The lowest BCUT2D eigenvalue weighted by atomic mass is 10.0. The summed E-state index contributed by atoms with van der Waals surface area (Å²) in [6.45, 7) is 4.72. The van der Waals surface area contributed by atoms with Gasteiger partial charge in [0.2, 0.25) is 5.88 Å². The highest BCUT2D eigenvalue weighted by molar-refractivity contribution is 6.08. The van der Waals surface area contributed by atoms with Gasteiger partial charge in [0.25, 0.3) is 5.91 Å². The number of nitrogens with one attached hydrogen (secondary N) is 1. The van der Waals surface area contributed by atoms with Crippen LogP contribution in [-0.2, 0) is 13.1 Å². The topological polar surface area (TPSA) is 56.1 Å². The SMILES string of the molecule is COc1cc2c(C(=O)NCc3ccc(F)c(F)c3)c(C(C)C)n(Cc3ccccc3)c2cn1. The van der Waals surface area contributed by atoms with E-state index in [0.29, 0.717) is 23.6 Å². The number of benzene rings is 2. The Labute approximate surface area is 191 Å². The first kappa shape index (κ1) is 22.5. The first-order valence-corrected chi connectivity index (χ1v) is 10.7. The number of carbonyl (C=O) groups is 1. The zero-order chi connectivity index (χ0) is 23.5.